The molecule has 0 aliphatic heterocycles. The number of carbonyl (C=O) groups excluding carboxylic acids is 1. The van der Waals surface area contributed by atoms with E-state index in [-0.39, 0.29) is 0 Å². The van der Waals surface area contributed by atoms with Crippen molar-refractivity contribution in [3.05, 3.63) is 0 Å². The van der Waals surface area contributed by atoms with Crippen molar-refractivity contribution in [2.24, 2.45) is 10.1 Å². The third kappa shape index (κ3) is 5.36. The highest BCUT2D eigenvalue weighted by Gasteiger charge is 1.96. The number of rotatable bonds is 1. The Kier molecular flexibility index (Phi) is 3.10. The average Bonchev–Trinajstić information content (AvgIpc) is 1.61. The maximum atomic E-state index is 9.75. The number of carbonyl (C=O) groups is 1. The highest BCUT2D eigenvalue weighted by molar-refractivity contribution is 6.57. The third-order valence-electron chi connectivity index (χ3n) is 0.323. The first-order valence-electron chi connectivity index (χ1n) is 2.01. The molecular formula is C2H4B2N2O2. The Bertz CT molecular complexity index is 113. The fourth-order valence-corrected chi connectivity index (χ4v) is 0.140. The Morgan fingerprint density at radius 2 is 2.38 bits per heavy atom. The van der Waals surface area contributed by atoms with Gasteiger partial charge in [-0.1, -0.05) is 0 Å². The molecule has 0 aliphatic rings. The van der Waals surface area contributed by atoms with Gasteiger partial charge in [0.2, 0.25) is 7.85 Å². The van der Waals surface area contributed by atoms with Gasteiger partial charge in [0.15, 0.2) is 5.81 Å². The summed E-state index contributed by atoms with van der Waals surface area (Å²) in [6.07, 6.45) is 0. The van der Waals surface area contributed by atoms with Crippen LogP contribution in [0.25, 0.3) is 0 Å². The zero-order valence-electron chi connectivity index (χ0n) is 4.40. The Morgan fingerprint density at radius 1 is 1.88 bits per heavy atom. The molecule has 0 fully saturated rings. The van der Waals surface area contributed by atoms with E-state index in [0.29, 0.717) is 0 Å². The maximum Gasteiger partial charge on any atom is 0.451 e. The van der Waals surface area contributed by atoms with Crippen LogP contribution < -0.4 is 0 Å². The number of hydrogen-bond acceptors (Lipinski definition) is 3. The molecule has 0 spiro atoms. The van der Waals surface area contributed by atoms with E-state index >= 15 is 0 Å². The summed E-state index contributed by atoms with van der Waals surface area (Å²) in [6, 6.07) is 0. The van der Waals surface area contributed by atoms with Crippen LogP contribution in [0.5, 0.6) is 0 Å². The molecule has 1 amide bonds. The van der Waals surface area contributed by atoms with E-state index in [4.69, 9.17) is 5.02 Å². The fraction of sp³-hybridized carbons (Fsp3) is 0.500. The Morgan fingerprint density at radius 3 is 2.50 bits per heavy atom. The summed E-state index contributed by atoms with van der Waals surface area (Å²) in [4.78, 5) is 9.75. The van der Waals surface area contributed by atoms with Crippen molar-refractivity contribution in [2.45, 2.75) is 6.82 Å². The smallest absolute Gasteiger partial charge is 0.430 e. The summed E-state index contributed by atoms with van der Waals surface area (Å²) in [5.74, 6) is -0.897. The number of hydrogen-bond donors (Lipinski definition) is 1. The second kappa shape index (κ2) is 3.37. The summed E-state index contributed by atoms with van der Waals surface area (Å²) in [7, 11) is 3.57. The molecule has 0 aromatic rings. The first-order valence-corrected chi connectivity index (χ1v) is 2.01. The van der Waals surface area contributed by atoms with Gasteiger partial charge in [-0.3, -0.25) is 4.79 Å². The number of amides is 1. The van der Waals surface area contributed by atoms with Crippen molar-refractivity contribution in [1.29, 1.82) is 0 Å². The van der Waals surface area contributed by atoms with Crippen LogP contribution in [-0.2, 0) is 0 Å². The predicted molar refractivity (Wildman–Crippen MR) is 29.8 cm³/mol. The van der Waals surface area contributed by atoms with Gasteiger partial charge in [-0.15, -0.1) is 5.11 Å². The molecule has 0 aromatic heterocycles. The average molecular weight is 110 g/mol. The first-order chi connectivity index (χ1) is 3.63. The van der Waals surface area contributed by atoms with Crippen LogP contribution >= 0.6 is 0 Å². The molecule has 0 heterocycles. The molecule has 0 bridgehead atoms. The van der Waals surface area contributed by atoms with Crippen molar-refractivity contribution in [2.75, 3.05) is 0 Å². The van der Waals surface area contributed by atoms with Crippen molar-refractivity contribution >= 4 is 20.7 Å². The van der Waals surface area contributed by atoms with Crippen LogP contribution in [0.15, 0.2) is 10.1 Å². The highest BCUT2D eigenvalue weighted by Crippen LogP contribution is 1.79. The summed E-state index contributed by atoms with van der Waals surface area (Å²) >= 11 is 0. The van der Waals surface area contributed by atoms with Gasteiger partial charge in [0.05, 0.1) is 0 Å². The van der Waals surface area contributed by atoms with Crippen molar-refractivity contribution in [3.8, 4) is 0 Å². The quantitative estimate of drug-likeness (QED) is 0.376. The van der Waals surface area contributed by atoms with E-state index in [1.807, 2.05) is 0 Å². The molecule has 2 radical (unpaired) electrons. The van der Waals surface area contributed by atoms with E-state index in [1.165, 1.54) is 6.82 Å². The minimum absolute atomic E-state index is 0.897. The van der Waals surface area contributed by atoms with Gasteiger partial charge >= 0.3 is 7.05 Å². The molecule has 0 rings (SSSR count). The monoisotopic (exact) mass is 110 g/mol. The molecule has 0 aromatic carbocycles. The van der Waals surface area contributed by atoms with Gasteiger partial charge in [0, 0.05) is 0 Å². The van der Waals surface area contributed by atoms with Crippen LogP contribution in [0, 0.1) is 0 Å². The molecule has 40 valence electrons. The van der Waals surface area contributed by atoms with Crippen molar-refractivity contribution in [1.82, 2.24) is 0 Å². The summed E-state index contributed by atoms with van der Waals surface area (Å²) < 4.78 is 0. The Balaban J connectivity index is 3.50. The minimum atomic E-state index is -0.956. The SMILES string of the molecule is [B]C(=O)N=NB(C)O. The first kappa shape index (κ1) is 7.36. The zero-order valence-corrected chi connectivity index (χ0v) is 4.40. The normalized spacial score (nSPS) is 9.75. The third-order valence-corrected chi connectivity index (χ3v) is 0.323. The van der Waals surface area contributed by atoms with E-state index < -0.39 is 12.9 Å². The molecular weight excluding hydrogens is 106 g/mol. The van der Waals surface area contributed by atoms with E-state index in [0.717, 1.165) is 0 Å². The van der Waals surface area contributed by atoms with Gasteiger partial charge in [-0.2, -0.15) is 0 Å². The summed E-state index contributed by atoms with van der Waals surface area (Å²) in [5.41, 5.74) is 0. The molecule has 6 heteroatoms. The lowest BCUT2D eigenvalue weighted by molar-refractivity contribution is 0.265. The lowest BCUT2D eigenvalue weighted by atomic mass is 9.92. The van der Waals surface area contributed by atoms with Gasteiger partial charge in [-0.25, -0.2) is 5.03 Å². The van der Waals surface area contributed by atoms with Gasteiger partial charge in [0.25, 0.3) is 0 Å². The lowest BCUT2D eigenvalue weighted by Gasteiger charge is -1.82. The van der Waals surface area contributed by atoms with Crippen LogP contribution in [0.2, 0.25) is 6.82 Å². The molecule has 0 atom stereocenters. The largest absolute Gasteiger partial charge is 0.451 e. The predicted octanol–water partition coefficient (Wildman–Crippen LogP) is -0.163. The minimum Gasteiger partial charge on any atom is -0.430 e. The second-order valence-electron chi connectivity index (χ2n) is 1.19. The van der Waals surface area contributed by atoms with Crippen molar-refractivity contribution < 1.29 is 9.82 Å². The van der Waals surface area contributed by atoms with E-state index in [1.54, 1.807) is 0 Å². The standard InChI is InChI=1S/C2H4B2N2O2/c1-4(8)6-5-2(3)7/h8H,1H3. The molecule has 8 heavy (non-hydrogen) atoms. The Labute approximate surface area is 48.5 Å². The van der Waals surface area contributed by atoms with Crippen LogP contribution in [0.1, 0.15) is 0 Å². The molecule has 0 aliphatic carbocycles. The lowest BCUT2D eigenvalue weighted by Crippen LogP contribution is -2.00. The zero-order chi connectivity index (χ0) is 6.57. The van der Waals surface area contributed by atoms with Crippen LogP contribution in [0.3, 0.4) is 0 Å². The molecule has 4 nitrogen and oxygen atoms in total. The topological polar surface area (TPSA) is 62.0 Å². The molecule has 0 saturated heterocycles. The summed E-state index contributed by atoms with van der Waals surface area (Å²) in [6.45, 7) is 1.37. The second-order valence-corrected chi connectivity index (χ2v) is 1.19. The fourth-order valence-electron chi connectivity index (χ4n) is 0.140. The Hall–Kier alpha value is -0.640. The highest BCUT2D eigenvalue weighted by atomic mass is 16.2. The van der Waals surface area contributed by atoms with Crippen LogP contribution in [-0.4, -0.2) is 25.7 Å². The maximum absolute atomic E-state index is 9.75. The summed E-state index contributed by atoms with van der Waals surface area (Å²) in [5, 5.41) is 14.2. The van der Waals surface area contributed by atoms with Crippen molar-refractivity contribution in [3.63, 3.8) is 0 Å². The van der Waals surface area contributed by atoms with Gasteiger partial charge in [-0.05, 0) is 6.82 Å². The number of nitrogens with zero attached hydrogens (tertiary/aromatic N) is 2. The molecule has 0 saturated carbocycles. The van der Waals surface area contributed by atoms with Gasteiger partial charge < -0.3 is 5.02 Å². The van der Waals surface area contributed by atoms with E-state index in [2.05, 4.69) is 18.0 Å². The van der Waals surface area contributed by atoms with Crippen LogP contribution in [0.4, 0.5) is 4.79 Å². The van der Waals surface area contributed by atoms with E-state index in [9.17, 15) is 4.79 Å². The molecule has 0 unspecified atom stereocenters. The molecule has 1 N–H and O–H groups in total. The van der Waals surface area contributed by atoms with Gasteiger partial charge in [0.1, 0.15) is 0 Å².